The molecule has 100 valence electrons. The molecule has 0 aliphatic carbocycles. The van der Waals surface area contributed by atoms with Gasteiger partial charge in [-0.1, -0.05) is 6.92 Å². The van der Waals surface area contributed by atoms with Crippen LogP contribution in [0.4, 0.5) is 0 Å². The number of aromatic nitrogens is 1. The molecule has 6 heteroatoms. The number of ether oxygens (including phenoxy) is 2. The lowest BCUT2D eigenvalue weighted by atomic mass is 10.3. The van der Waals surface area contributed by atoms with Crippen LogP contribution in [0.2, 0.25) is 0 Å². The van der Waals surface area contributed by atoms with Crippen molar-refractivity contribution in [2.75, 3.05) is 12.9 Å². The molecule has 0 aliphatic rings. The summed E-state index contributed by atoms with van der Waals surface area (Å²) in [5.74, 6) is 0.300. The van der Waals surface area contributed by atoms with Gasteiger partial charge in [-0.25, -0.2) is 9.78 Å². The molecule has 1 heterocycles. The first-order valence-electron chi connectivity index (χ1n) is 5.63. The molecule has 0 radical (unpaired) electrons. The summed E-state index contributed by atoms with van der Waals surface area (Å²) >= 11 is 0. The summed E-state index contributed by atoms with van der Waals surface area (Å²) in [4.78, 5) is 15.9. The smallest absolute Gasteiger partial charge is 0.357 e. The number of esters is 1. The third-order valence-corrected chi connectivity index (χ3v) is 3.41. The van der Waals surface area contributed by atoms with E-state index in [2.05, 4.69) is 9.72 Å². The third kappa shape index (κ3) is 3.53. The van der Waals surface area contributed by atoms with Crippen molar-refractivity contribution < 1.29 is 18.5 Å². The average Bonchev–Trinajstić information content (AvgIpc) is 2.36. The summed E-state index contributed by atoms with van der Waals surface area (Å²) in [6.07, 6.45) is 1.42. The monoisotopic (exact) mass is 271 g/mol. The fraction of sp³-hybridized carbons (Fsp3) is 0.500. The highest BCUT2D eigenvalue weighted by atomic mass is 32.2. The van der Waals surface area contributed by atoms with Gasteiger partial charge < -0.3 is 9.47 Å². The molecule has 0 amide bonds. The van der Waals surface area contributed by atoms with E-state index in [4.69, 9.17) is 4.74 Å². The number of carbonyl (C=O) groups is 1. The molecule has 18 heavy (non-hydrogen) atoms. The molecule has 1 aromatic heterocycles. The van der Waals surface area contributed by atoms with Gasteiger partial charge in [0.1, 0.15) is 5.75 Å². The van der Waals surface area contributed by atoms with Gasteiger partial charge in [-0.3, -0.25) is 4.21 Å². The van der Waals surface area contributed by atoms with Crippen LogP contribution in [-0.4, -0.2) is 34.1 Å². The number of pyridine rings is 1. The van der Waals surface area contributed by atoms with Crippen LogP contribution < -0.4 is 4.74 Å². The number of rotatable bonds is 5. The Hall–Kier alpha value is -1.43. The van der Waals surface area contributed by atoms with Gasteiger partial charge in [0.25, 0.3) is 0 Å². The topological polar surface area (TPSA) is 65.5 Å². The number of nitrogens with zero attached hydrogens (tertiary/aromatic N) is 1. The van der Waals surface area contributed by atoms with E-state index in [1.807, 2.05) is 13.8 Å². The zero-order valence-electron chi connectivity index (χ0n) is 10.9. The van der Waals surface area contributed by atoms with Gasteiger partial charge >= 0.3 is 5.97 Å². The molecule has 0 saturated carbocycles. The van der Waals surface area contributed by atoms with Crippen molar-refractivity contribution in [1.29, 1.82) is 0 Å². The molecule has 1 aromatic rings. The van der Waals surface area contributed by atoms with Gasteiger partial charge in [0.15, 0.2) is 5.69 Å². The Balaban J connectivity index is 3.20. The minimum absolute atomic E-state index is 0.0151. The summed E-state index contributed by atoms with van der Waals surface area (Å²) in [6.45, 7) is 5.53. The summed E-state index contributed by atoms with van der Waals surface area (Å²) in [6, 6.07) is 1.58. The molecule has 0 saturated heterocycles. The number of hydrogen-bond donors (Lipinski definition) is 0. The lowest BCUT2D eigenvalue weighted by Gasteiger charge is -2.12. The van der Waals surface area contributed by atoms with Gasteiger partial charge in [0, 0.05) is 11.8 Å². The SMILES string of the molecule is CCS(=O)c1cc(OC(C)C)cnc1C(=O)OC. The van der Waals surface area contributed by atoms with Crippen LogP contribution in [-0.2, 0) is 15.5 Å². The molecule has 1 unspecified atom stereocenters. The van der Waals surface area contributed by atoms with Crippen LogP contribution in [0, 0.1) is 0 Å². The lowest BCUT2D eigenvalue weighted by molar-refractivity contribution is 0.0589. The van der Waals surface area contributed by atoms with E-state index in [-0.39, 0.29) is 11.8 Å². The Labute approximate surface area is 109 Å². The van der Waals surface area contributed by atoms with Crippen molar-refractivity contribution in [3.05, 3.63) is 18.0 Å². The molecule has 0 N–H and O–H groups in total. The average molecular weight is 271 g/mol. The van der Waals surface area contributed by atoms with E-state index in [0.29, 0.717) is 16.4 Å². The van der Waals surface area contributed by atoms with E-state index in [1.165, 1.54) is 13.3 Å². The number of methoxy groups -OCH3 is 1. The Kier molecular flexibility index (Phi) is 5.27. The predicted octanol–water partition coefficient (Wildman–Crippen LogP) is 1.78. The van der Waals surface area contributed by atoms with Crippen LogP contribution in [0.1, 0.15) is 31.3 Å². The second-order valence-corrected chi connectivity index (χ2v) is 5.52. The third-order valence-electron chi connectivity index (χ3n) is 2.09. The first kappa shape index (κ1) is 14.6. The zero-order chi connectivity index (χ0) is 13.7. The minimum atomic E-state index is -1.29. The minimum Gasteiger partial charge on any atom is -0.489 e. The standard InChI is InChI=1S/C12H17NO4S/c1-5-18(15)10-6-9(17-8(2)3)7-13-11(10)12(14)16-4/h6-8H,5H2,1-4H3. The molecule has 0 aromatic carbocycles. The fourth-order valence-electron chi connectivity index (χ4n) is 1.34. The van der Waals surface area contributed by atoms with Crippen molar-refractivity contribution in [3.63, 3.8) is 0 Å². The predicted molar refractivity (Wildman–Crippen MR) is 68.3 cm³/mol. The van der Waals surface area contributed by atoms with Crippen LogP contribution in [0.3, 0.4) is 0 Å². The summed E-state index contributed by atoms with van der Waals surface area (Å²) in [7, 11) is -0.0275. The van der Waals surface area contributed by atoms with E-state index >= 15 is 0 Å². The van der Waals surface area contributed by atoms with E-state index < -0.39 is 16.8 Å². The van der Waals surface area contributed by atoms with Crippen LogP contribution in [0.15, 0.2) is 17.2 Å². The normalized spacial score (nSPS) is 12.3. The lowest BCUT2D eigenvalue weighted by Crippen LogP contribution is -2.12. The Bertz CT molecular complexity index is 459. The van der Waals surface area contributed by atoms with Crippen LogP contribution >= 0.6 is 0 Å². The molecule has 0 spiro atoms. The number of carbonyl (C=O) groups excluding carboxylic acids is 1. The summed E-state index contributed by atoms with van der Waals surface area (Å²) in [5, 5.41) is 0. The Morgan fingerprint density at radius 3 is 2.67 bits per heavy atom. The van der Waals surface area contributed by atoms with Gasteiger partial charge in [-0.05, 0) is 13.8 Å². The maximum absolute atomic E-state index is 11.9. The Morgan fingerprint density at radius 2 is 2.17 bits per heavy atom. The van der Waals surface area contributed by atoms with E-state index in [9.17, 15) is 9.00 Å². The van der Waals surface area contributed by atoms with E-state index in [1.54, 1.807) is 13.0 Å². The highest BCUT2D eigenvalue weighted by Crippen LogP contribution is 2.20. The first-order chi connectivity index (χ1) is 8.49. The molecule has 5 nitrogen and oxygen atoms in total. The van der Waals surface area contributed by atoms with Gasteiger partial charge in [0.2, 0.25) is 0 Å². The summed E-state index contributed by atoms with van der Waals surface area (Å²) in [5.41, 5.74) is 0.0776. The van der Waals surface area contributed by atoms with Crippen molar-refractivity contribution in [2.45, 2.75) is 31.8 Å². The van der Waals surface area contributed by atoms with Crippen molar-refractivity contribution in [3.8, 4) is 5.75 Å². The van der Waals surface area contributed by atoms with Crippen molar-refractivity contribution >= 4 is 16.8 Å². The molecular formula is C12H17NO4S. The fourth-order valence-corrected chi connectivity index (χ4v) is 2.25. The Morgan fingerprint density at radius 1 is 1.50 bits per heavy atom. The van der Waals surface area contributed by atoms with Crippen LogP contribution in [0.5, 0.6) is 5.75 Å². The molecule has 0 fully saturated rings. The largest absolute Gasteiger partial charge is 0.489 e. The molecular weight excluding hydrogens is 254 g/mol. The van der Waals surface area contributed by atoms with E-state index in [0.717, 1.165) is 0 Å². The van der Waals surface area contributed by atoms with Gasteiger partial charge in [-0.15, -0.1) is 0 Å². The highest BCUT2D eigenvalue weighted by molar-refractivity contribution is 7.85. The quantitative estimate of drug-likeness (QED) is 0.764. The van der Waals surface area contributed by atoms with Crippen molar-refractivity contribution in [1.82, 2.24) is 4.98 Å². The molecule has 0 bridgehead atoms. The maximum Gasteiger partial charge on any atom is 0.357 e. The maximum atomic E-state index is 11.9. The van der Waals surface area contributed by atoms with Crippen molar-refractivity contribution in [2.24, 2.45) is 0 Å². The first-order valence-corrected chi connectivity index (χ1v) is 6.94. The van der Waals surface area contributed by atoms with Gasteiger partial charge in [-0.2, -0.15) is 0 Å². The molecule has 1 atom stereocenters. The molecule has 0 aliphatic heterocycles. The second kappa shape index (κ2) is 6.49. The number of hydrogen-bond acceptors (Lipinski definition) is 5. The highest BCUT2D eigenvalue weighted by Gasteiger charge is 2.19. The van der Waals surface area contributed by atoms with Crippen LogP contribution in [0.25, 0.3) is 0 Å². The van der Waals surface area contributed by atoms with Gasteiger partial charge in [0.05, 0.1) is 35.1 Å². The molecule has 1 rings (SSSR count). The second-order valence-electron chi connectivity index (χ2n) is 3.81. The summed E-state index contributed by atoms with van der Waals surface area (Å²) < 4.78 is 22.0. The zero-order valence-corrected chi connectivity index (χ0v) is 11.7.